The molecule has 1 N–H and O–H groups in total. The molecule has 0 aromatic rings. The summed E-state index contributed by atoms with van der Waals surface area (Å²) in [6.45, 7) is 6.84. The molecule has 62 valence electrons. The van der Waals surface area contributed by atoms with E-state index >= 15 is 0 Å². The minimum absolute atomic E-state index is 0.0102. The van der Waals surface area contributed by atoms with Crippen LogP contribution in [0.25, 0.3) is 0 Å². The molecular formula is C9H15NO. The maximum atomic E-state index is 9.46. The van der Waals surface area contributed by atoms with Gasteiger partial charge >= 0.3 is 0 Å². The molecule has 0 spiro atoms. The Morgan fingerprint density at radius 1 is 1.45 bits per heavy atom. The van der Waals surface area contributed by atoms with Gasteiger partial charge in [-0.25, -0.2) is 0 Å². The number of aliphatic hydroxyl groups is 1. The third-order valence-corrected chi connectivity index (χ3v) is 2.94. The minimum Gasteiger partial charge on any atom is -0.392 e. The molecule has 3 aliphatic rings. The summed E-state index contributed by atoms with van der Waals surface area (Å²) in [5.41, 5.74) is 0. The van der Waals surface area contributed by atoms with Crippen molar-refractivity contribution >= 4 is 0 Å². The summed E-state index contributed by atoms with van der Waals surface area (Å²) in [6, 6.07) is 0. The fourth-order valence-electron chi connectivity index (χ4n) is 2.29. The zero-order valence-corrected chi connectivity index (χ0v) is 6.74. The van der Waals surface area contributed by atoms with E-state index in [1.165, 1.54) is 6.42 Å². The van der Waals surface area contributed by atoms with E-state index in [1.807, 2.05) is 6.08 Å². The first-order valence-electron chi connectivity index (χ1n) is 4.32. The third-order valence-electron chi connectivity index (χ3n) is 2.94. The van der Waals surface area contributed by atoms with Gasteiger partial charge in [-0.05, 0) is 18.3 Å². The lowest BCUT2D eigenvalue weighted by atomic mass is 9.68. The van der Waals surface area contributed by atoms with Crippen molar-refractivity contribution in [2.75, 3.05) is 19.6 Å². The molecule has 0 radical (unpaired) electrons. The van der Waals surface area contributed by atoms with E-state index in [0.29, 0.717) is 11.8 Å². The predicted molar refractivity (Wildman–Crippen MR) is 44.2 cm³/mol. The van der Waals surface area contributed by atoms with Crippen LogP contribution in [0.4, 0.5) is 0 Å². The number of rotatable bonds is 2. The molecular weight excluding hydrogens is 138 g/mol. The van der Waals surface area contributed by atoms with Crippen LogP contribution < -0.4 is 0 Å². The number of hydrogen-bond donors (Lipinski definition) is 1. The highest BCUT2D eigenvalue weighted by molar-refractivity contribution is 4.98. The van der Waals surface area contributed by atoms with Gasteiger partial charge in [0.05, 0.1) is 6.10 Å². The summed E-state index contributed by atoms with van der Waals surface area (Å²) >= 11 is 0. The van der Waals surface area contributed by atoms with E-state index in [2.05, 4.69) is 11.5 Å². The zero-order valence-electron chi connectivity index (χ0n) is 6.74. The van der Waals surface area contributed by atoms with Crippen molar-refractivity contribution in [2.24, 2.45) is 11.8 Å². The molecule has 1 unspecified atom stereocenters. The van der Waals surface area contributed by atoms with Gasteiger partial charge < -0.3 is 5.11 Å². The van der Waals surface area contributed by atoms with Crippen LogP contribution in [0.2, 0.25) is 0 Å². The average molecular weight is 153 g/mol. The minimum atomic E-state index is 0.0102. The van der Waals surface area contributed by atoms with Crippen LogP contribution in [0.5, 0.6) is 0 Å². The number of fused-ring (bicyclic) bond motifs is 2. The Morgan fingerprint density at radius 2 is 2.09 bits per heavy atom. The summed E-state index contributed by atoms with van der Waals surface area (Å²) in [7, 11) is 0. The Balaban J connectivity index is 1.89. The monoisotopic (exact) mass is 153 g/mol. The Morgan fingerprint density at radius 3 is 2.55 bits per heavy atom. The highest BCUT2D eigenvalue weighted by atomic mass is 16.3. The standard InChI is InChI=1S/C9H15NO/c1-2-3-10-5-7-4-8(6-10)9(7)11/h2,7-9,11H,1,3-6H2/t7-,8+,9?. The summed E-state index contributed by atoms with van der Waals surface area (Å²) < 4.78 is 0. The molecule has 2 aliphatic heterocycles. The molecule has 3 rings (SSSR count). The van der Waals surface area contributed by atoms with Crippen LogP contribution in [0.15, 0.2) is 12.7 Å². The van der Waals surface area contributed by atoms with Gasteiger partial charge in [0.25, 0.3) is 0 Å². The van der Waals surface area contributed by atoms with Crippen molar-refractivity contribution in [3.8, 4) is 0 Å². The van der Waals surface area contributed by atoms with Gasteiger partial charge in [0, 0.05) is 19.6 Å². The average Bonchev–Trinajstić information content (AvgIpc) is 2.05. The molecule has 2 nitrogen and oxygen atoms in total. The van der Waals surface area contributed by atoms with Gasteiger partial charge in [-0.3, -0.25) is 4.90 Å². The highest BCUT2D eigenvalue weighted by Gasteiger charge is 2.45. The summed E-state index contributed by atoms with van der Waals surface area (Å²) in [4.78, 5) is 2.37. The second-order valence-corrected chi connectivity index (χ2v) is 3.75. The molecule has 2 heterocycles. The molecule has 0 aromatic carbocycles. The largest absolute Gasteiger partial charge is 0.392 e. The van der Waals surface area contributed by atoms with Gasteiger partial charge in [-0.2, -0.15) is 0 Å². The molecule has 2 heteroatoms. The van der Waals surface area contributed by atoms with Gasteiger partial charge in [-0.15, -0.1) is 6.58 Å². The lowest BCUT2D eigenvalue weighted by Crippen LogP contribution is -2.58. The van der Waals surface area contributed by atoms with E-state index in [1.54, 1.807) is 0 Å². The second kappa shape index (κ2) is 2.61. The lowest BCUT2D eigenvalue weighted by molar-refractivity contribution is -0.104. The van der Waals surface area contributed by atoms with Crippen LogP contribution in [0.1, 0.15) is 6.42 Å². The molecule has 0 amide bonds. The Kier molecular flexibility index (Phi) is 1.74. The van der Waals surface area contributed by atoms with E-state index in [0.717, 1.165) is 19.6 Å². The molecule has 1 saturated carbocycles. The first-order chi connectivity index (χ1) is 5.31. The highest BCUT2D eigenvalue weighted by Crippen LogP contribution is 2.39. The first-order valence-corrected chi connectivity index (χ1v) is 4.32. The van der Waals surface area contributed by atoms with Crippen molar-refractivity contribution in [1.29, 1.82) is 0 Å². The van der Waals surface area contributed by atoms with E-state index in [4.69, 9.17) is 0 Å². The Labute approximate surface area is 67.5 Å². The smallest absolute Gasteiger partial charge is 0.0621 e. The van der Waals surface area contributed by atoms with E-state index in [9.17, 15) is 5.11 Å². The maximum absolute atomic E-state index is 9.46. The Hall–Kier alpha value is -0.340. The topological polar surface area (TPSA) is 23.5 Å². The third kappa shape index (κ3) is 1.10. The van der Waals surface area contributed by atoms with Crippen LogP contribution in [0.3, 0.4) is 0 Å². The fraction of sp³-hybridized carbons (Fsp3) is 0.778. The summed E-state index contributed by atoms with van der Waals surface area (Å²) in [5.74, 6) is 1.13. The number of aliphatic hydroxyl groups excluding tert-OH is 1. The van der Waals surface area contributed by atoms with Gasteiger partial charge in [-0.1, -0.05) is 6.08 Å². The maximum Gasteiger partial charge on any atom is 0.0621 e. The number of piperidine rings is 2. The summed E-state index contributed by atoms with van der Waals surface area (Å²) in [6.07, 6.45) is 3.20. The van der Waals surface area contributed by atoms with Crippen molar-refractivity contribution in [2.45, 2.75) is 12.5 Å². The van der Waals surface area contributed by atoms with Gasteiger partial charge in [0.15, 0.2) is 0 Å². The van der Waals surface area contributed by atoms with Crippen LogP contribution in [0, 0.1) is 11.8 Å². The number of nitrogens with zero attached hydrogens (tertiary/aromatic N) is 1. The fourth-order valence-corrected chi connectivity index (χ4v) is 2.29. The number of hydrogen-bond acceptors (Lipinski definition) is 2. The quantitative estimate of drug-likeness (QED) is 0.583. The zero-order chi connectivity index (χ0) is 7.84. The normalized spacial score (nSPS) is 43.2. The lowest BCUT2D eigenvalue weighted by Gasteiger charge is -2.51. The molecule has 3 fully saturated rings. The van der Waals surface area contributed by atoms with Crippen LogP contribution in [-0.4, -0.2) is 35.7 Å². The summed E-state index contributed by atoms with van der Waals surface area (Å²) in [5, 5.41) is 9.46. The molecule has 11 heavy (non-hydrogen) atoms. The van der Waals surface area contributed by atoms with Crippen molar-refractivity contribution in [3.05, 3.63) is 12.7 Å². The van der Waals surface area contributed by atoms with Crippen LogP contribution >= 0.6 is 0 Å². The Bertz CT molecular complexity index is 157. The molecule has 1 aliphatic carbocycles. The molecule has 3 atom stereocenters. The van der Waals surface area contributed by atoms with Gasteiger partial charge in [0.1, 0.15) is 0 Å². The predicted octanol–water partition coefficient (Wildman–Crippen LogP) is 0.485. The molecule has 2 saturated heterocycles. The van der Waals surface area contributed by atoms with E-state index in [-0.39, 0.29) is 6.10 Å². The van der Waals surface area contributed by atoms with Crippen molar-refractivity contribution in [1.82, 2.24) is 4.90 Å². The van der Waals surface area contributed by atoms with Gasteiger partial charge in [0.2, 0.25) is 0 Å². The second-order valence-electron chi connectivity index (χ2n) is 3.75. The van der Waals surface area contributed by atoms with E-state index < -0.39 is 0 Å². The van der Waals surface area contributed by atoms with Crippen molar-refractivity contribution in [3.63, 3.8) is 0 Å². The first kappa shape index (κ1) is 7.32. The molecule has 2 bridgehead atoms. The molecule has 0 aromatic heterocycles. The SMILES string of the molecule is C=CCN1C[C@H]2C[C@@H](C1)C2O. The van der Waals surface area contributed by atoms with Crippen molar-refractivity contribution < 1.29 is 5.11 Å². The van der Waals surface area contributed by atoms with Crippen LogP contribution in [-0.2, 0) is 0 Å².